The van der Waals surface area contributed by atoms with Crippen molar-refractivity contribution >= 4 is 23.7 Å². The first kappa shape index (κ1) is 13.9. The van der Waals surface area contributed by atoms with Gasteiger partial charge in [0.1, 0.15) is 5.71 Å². The van der Waals surface area contributed by atoms with Crippen LogP contribution in [0.25, 0.3) is 0 Å². The molecule has 0 heterocycles. The maximum absolute atomic E-state index is 10.8. The number of carboxylic acid groups (broad SMARTS) is 2. The first-order valence-electron chi connectivity index (χ1n) is 4.41. The quantitative estimate of drug-likeness (QED) is 0.438. The second-order valence-electron chi connectivity index (χ2n) is 2.59. The Labute approximate surface area is 90.9 Å². The SMILES string of the molecule is CCOC(=O)NN=C(CCC(=O)O)C(=O)O. The van der Waals surface area contributed by atoms with Crippen LogP contribution in [-0.4, -0.2) is 40.6 Å². The van der Waals surface area contributed by atoms with Crippen molar-refractivity contribution in [2.45, 2.75) is 19.8 Å². The summed E-state index contributed by atoms with van der Waals surface area (Å²) in [4.78, 5) is 31.5. The molecule has 90 valence electrons. The smallest absolute Gasteiger partial charge is 0.427 e. The lowest BCUT2D eigenvalue weighted by Gasteiger charge is -2.01. The van der Waals surface area contributed by atoms with Crippen LogP contribution in [0.1, 0.15) is 19.8 Å². The highest BCUT2D eigenvalue weighted by molar-refractivity contribution is 6.35. The van der Waals surface area contributed by atoms with E-state index in [1.54, 1.807) is 6.92 Å². The zero-order chi connectivity index (χ0) is 12.6. The van der Waals surface area contributed by atoms with Crippen LogP contribution in [0.15, 0.2) is 5.10 Å². The average Bonchev–Trinajstić information content (AvgIpc) is 2.17. The monoisotopic (exact) mass is 232 g/mol. The molecule has 0 aromatic rings. The summed E-state index contributed by atoms with van der Waals surface area (Å²) in [6.45, 7) is 1.70. The van der Waals surface area contributed by atoms with Crippen molar-refractivity contribution in [1.82, 2.24) is 5.43 Å². The molecule has 0 spiro atoms. The molecule has 0 saturated carbocycles. The molecular formula is C8H12N2O6. The van der Waals surface area contributed by atoms with Gasteiger partial charge in [-0.15, -0.1) is 0 Å². The normalized spacial score (nSPS) is 10.7. The summed E-state index contributed by atoms with van der Waals surface area (Å²) in [7, 11) is 0. The Morgan fingerprint density at radius 2 is 1.88 bits per heavy atom. The summed E-state index contributed by atoms with van der Waals surface area (Å²) in [5.41, 5.74) is 1.39. The average molecular weight is 232 g/mol. The Hall–Kier alpha value is -2.12. The third kappa shape index (κ3) is 6.35. The van der Waals surface area contributed by atoms with E-state index in [0.29, 0.717) is 0 Å². The number of hydrogen-bond donors (Lipinski definition) is 3. The molecule has 0 aromatic heterocycles. The van der Waals surface area contributed by atoms with E-state index >= 15 is 0 Å². The number of hydrogen-bond acceptors (Lipinski definition) is 5. The van der Waals surface area contributed by atoms with Gasteiger partial charge in [0.15, 0.2) is 0 Å². The molecule has 0 aromatic carbocycles. The number of amides is 1. The highest BCUT2D eigenvalue weighted by Gasteiger charge is 2.12. The Kier molecular flexibility index (Phi) is 6.25. The molecule has 0 aliphatic rings. The Balaban J connectivity index is 4.30. The number of carboxylic acids is 2. The predicted molar refractivity (Wildman–Crippen MR) is 52.1 cm³/mol. The van der Waals surface area contributed by atoms with Crippen molar-refractivity contribution < 1.29 is 29.3 Å². The molecule has 8 nitrogen and oxygen atoms in total. The maximum Gasteiger partial charge on any atom is 0.427 e. The van der Waals surface area contributed by atoms with Gasteiger partial charge in [-0.3, -0.25) is 4.79 Å². The Bertz CT molecular complexity index is 312. The number of hydrazone groups is 1. The molecule has 0 aliphatic carbocycles. The molecule has 0 bridgehead atoms. The first-order chi connectivity index (χ1) is 7.47. The van der Waals surface area contributed by atoms with Gasteiger partial charge in [0.2, 0.25) is 0 Å². The summed E-state index contributed by atoms with van der Waals surface area (Å²) in [6, 6.07) is 0. The molecule has 0 radical (unpaired) electrons. The van der Waals surface area contributed by atoms with Gasteiger partial charge in [-0.05, 0) is 6.92 Å². The third-order valence-electron chi connectivity index (χ3n) is 1.38. The second-order valence-corrected chi connectivity index (χ2v) is 2.59. The topological polar surface area (TPSA) is 125 Å². The lowest BCUT2D eigenvalue weighted by Crippen LogP contribution is -2.24. The molecule has 0 atom stereocenters. The van der Waals surface area contributed by atoms with Crippen molar-refractivity contribution in [2.75, 3.05) is 6.61 Å². The van der Waals surface area contributed by atoms with Gasteiger partial charge in [-0.25, -0.2) is 15.0 Å². The van der Waals surface area contributed by atoms with Crippen LogP contribution in [0.3, 0.4) is 0 Å². The van der Waals surface area contributed by atoms with Crippen LogP contribution in [0.4, 0.5) is 4.79 Å². The fraction of sp³-hybridized carbons (Fsp3) is 0.500. The van der Waals surface area contributed by atoms with E-state index in [2.05, 4.69) is 9.84 Å². The molecule has 0 rings (SSSR count). The number of carbonyl (C=O) groups excluding carboxylic acids is 1. The minimum absolute atomic E-state index is 0.124. The van der Waals surface area contributed by atoms with Crippen LogP contribution in [0.2, 0.25) is 0 Å². The largest absolute Gasteiger partial charge is 0.481 e. The Morgan fingerprint density at radius 3 is 2.31 bits per heavy atom. The van der Waals surface area contributed by atoms with Gasteiger partial charge in [-0.2, -0.15) is 5.10 Å². The standard InChI is InChI=1S/C8H12N2O6/c1-2-16-8(15)10-9-5(7(13)14)3-4-6(11)12/h2-4H2,1H3,(H,10,15)(H,11,12)(H,13,14). The summed E-state index contributed by atoms with van der Waals surface area (Å²) < 4.78 is 4.43. The number of nitrogens with one attached hydrogen (secondary N) is 1. The van der Waals surface area contributed by atoms with E-state index in [1.165, 1.54) is 0 Å². The number of nitrogens with zero attached hydrogens (tertiary/aromatic N) is 1. The van der Waals surface area contributed by atoms with Gasteiger partial charge in [-0.1, -0.05) is 0 Å². The molecular weight excluding hydrogens is 220 g/mol. The number of rotatable bonds is 6. The summed E-state index contributed by atoms with van der Waals surface area (Å²) in [5.74, 6) is -2.54. The number of ether oxygens (including phenoxy) is 1. The van der Waals surface area contributed by atoms with Crippen molar-refractivity contribution in [3.8, 4) is 0 Å². The van der Waals surface area contributed by atoms with Crippen LogP contribution in [0, 0.1) is 0 Å². The fourth-order valence-corrected chi connectivity index (χ4v) is 0.712. The highest BCUT2D eigenvalue weighted by atomic mass is 16.5. The maximum atomic E-state index is 10.8. The Morgan fingerprint density at radius 1 is 1.25 bits per heavy atom. The predicted octanol–water partition coefficient (Wildman–Crippen LogP) is 0.0379. The van der Waals surface area contributed by atoms with Crippen molar-refractivity contribution in [2.24, 2.45) is 5.10 Å². The molecule has 16 heavy (non-hydrogen) atoms. The summed E-state index contributed by atoms with van der Waals surface area (Å²) in [6.07, 6.45) is -1.55. The van der Waals surface area contributed by atoms with Crippen molar-refractivity contribution in [3.05, 3.63) is 0 Å². The lowest BCUT2D eigenvalue weighted by molar-refractivity contribution is -0.136. The lowest BCUT2D eigenvalue weighted by atomic mass is 10.2. The second kappa shape index (κ2) is 7.21. The molecule has 0 fully saturated rings. The van der Waals surface area contributed by atoms with E-state index in [-0.39, 0.29) is 19.4 Å². The molecule has 0 aliphatic heterocycles. The molecule has 0 saturated heterocycles. The fourth-order valence-electron chi connectivity index (χ4n) is 0.712. The minimum atomic E-state index is -1.39. The van der Waals surface area contributed by atoms with E-state index in [0.717, 1.165) is 0 Å². The molecule has 0 unspecified atom stereocenters. The van der Waals surface area contributed by atoms with Crippen LogP contribution < -0.4 is 5.43 Å². The molecule has 3 N–H and O–H groups in total. The van der Waals surface area contributed by atoms with Crippen molar-refractivity contribution in [3.63, 3.8) is 0 Å². The zero-order valence-corrected chi connectivity index (χ0v) is 8.60. The van der Waals surface area contributed by atoms with Gasteiger partial charge in [0, 0.05) is 6.42 Å². The van der Waals surface area contributed by atoms with Crippen LogP contribution >= 0.6 is 0 Å². The van der Waals surface area contributed by atoms with Crippen LogP contribution in [0.5, 0.6) is 0 Å². The van der Waals surface area contributed by atoms with Gasteiger partial charge < -0.3 is 14.9 Å². The molecule has 1 amide bonds. The van der Waals surface area contributed by atoms with Crippen LogP contribution in [-0.2, 0) is 14.3 Å². The van der Waals surface area contributed by atoms with Gasteiger partial charge in [0.25, 0.3) is 0 Å². The van der Waals surface area contributed by atoms with E-state index in [1.807, 2.05) is 5.43 Å². The summed E-state index contributed by atoms with van der Waals surface area (Å²) in [5, 5.41) is 20.2. The number of aliphatic carboxylic acids is 2. The van der Waals surface area contributed by atoms with E-state index in [9.17, 15) is 14.4 Å². The van der Waals surface area contributed by atoms with Gasteiger partial charge >= 0.3 is 18.0 Å². The number of carbonyl (C=O) groups is 3. The van der Waals surface area contributed by atoms with Gasteiger partial charge in [0.05, 0.1) is 13.0 Å². The first-order valence-corrected chi connectivity index (χ1v) is 4.41. The van der Waals surface area contributed by atoms with Crippen molar-refractivity contribution in [1.29, 1.82) is 0 Å². The van der Waals surface area contributed by atoms with E-state index in [4.69, 9.17) is 10.2 Å². The van der Waals surface area contributed by atoms with E-state index < -0.39 is 23.7 Å². The minimum Gasteiger partial charge on any atom is -0.481 e. The third-order valence-corrected chi connectivity index (χ3v) is 1.38. The summed E-state index contributed by atoms with van der Waals surface area (Å²) >= 11 is 0. The molecule has 8 heteroatoms. The highest BCUT2D eigenvalue weighted by Crippen LogP contribution is 1.94. The zero-order valence-electron chi connectivity index (χ0n) is 8.60.